The van der Waals surface area contributed by atoms with Gasteiger partial charge >= 0.3 is 0 Å². The molecular formula is C13H20N2O. The number of pyridine rings is 1. The van der Waals surface area contributed by atoms with Gasteiger partial charge in [0, 0.05) is 24.8 Å². The lowest BCUT2D eigenvalue weighted by atomic mass is 10.0. The minimum atomic E-state index is 0.0516. The smallest absolute Gasteiger partial charge is 0.251 e. The van der Waals surface area contributed by atoms with Gasteiger partial charge in [0.15, 0.2) is 0 Å². The molecule has 16 heavy (non-hydrogen) atoms. The molecule has 3 nitrogen and oxygen atoms in total. The van der Waals surface area contributed by atoms with Crippen LogP contribution in [-0.4, -0.2) is 18.1 Å². The second-order valence-electron chi connectivity index (χ2n) is 4.84. The van der Waals surface area contributed by atoms with Crippen LogP contribution in [0.2, 0.25) is 0 Å². The summed E-state index contributed by atoms with van der Waals surface area (Å²) >= 11 is 0. The van der Waals surface area contributed by atoms with E-state index in [1.165, 1.54) is 24.9 Å². The lowest BCUT2D eigenvalue weighted by Gasteiger charge is -2.29. The van der Waals surface area contributed by atoms with Crippen molar-refractivity contribution in [3.05, 3.63) is 28.2 Å². The molecule has 0 bridgehead atoms. The summed E-state index contributed by atoms with van der Waals surface area (Å²) in [4.78, 5) is 16.8. The second kappa shape index (κ2) is 4.73. The predicted molar refractivity (Wildman–Crippen MR) is 67.2 cm³/mol. The molecule has 1 aliphatic rings. The molecule has 0 unspecified atom stereocenters. The van der Waals surface area contributed by atoms with E-state index in [0.717, 1.165) is 18.7 Å². The van der Waals surface area contributed by atoms with Crippen molar-refractivity contribution in [3.63, 3.8) is 0 Å². The molecule has 0 spiro atoms. The minimum Gasteiger partial charge on any atom is -0.370 e. The number of hydrogen-bond acceptors (Lipinski definition) is 2. The minimum absolute atomic E-state index is 0.0516. The third kappa shape index (κ3) is 2.29. The van der Waals surface area contributed by atoms with Crippen LogP contribution >= 0.6 is 0 Å². The van der Waals surface area contributed by atoms with E-state index in [0.29, 0.717) is 0 Å². The number of piperidine rings is 1. The van der Waals surface area contributed by atoms with Crippen LogP contribution in [0.3, 0.4) is 0 Å². The van der Waals surface area contributed by atoms with Crippen molar-refractivity contribution in [1.82, 2.24) is 4.98 Å². The molecule has 1 aromatic rings. The fraction of sp³-hybridized carbons (Fsp3) is 0.615. The molecule has 1 saturated heterocycles. The van der Waals surface area contributed by atoms with Gasteiger partial charge in [-0.25, -0.2) is 0 Å². The van der Waals surface area contributed by atoms with Crippen molar-refractivity contribution < 1.29 is 0 Å². The first-order chi connectivity index (χ1) is 7.68. The monoisotopic (exact) mass is 220 g/mol. The Bertz CT molecular complexity index is 403. The molecule has 0 atom stereocenters. The van der Waals surface area contributed by atoms with Crippen LogP contribution in [0.5, 0.6) is 0 Å². The second-order valence-corrected chi connectivity index (χ2v) is 4.84. The molecule has 0 saturated carbocycles. The molecule has 0 amide bonds. The maximum atomic E-state index is 11.6. The lowest BCUT2D eigenvalue weighted by molar-refractivity contribution is 0.576. The summed E-state index contributed by atoms with van der Waals surface area (Å²) in [5.41, 5.74) is 2.11. The summed E-state index contributed by atoms with van der Waals surface area (Å²) in [6.45, 7) is 6.35. The quantitative estimate of drug-likeness (QED) is 0.831. The number of hydrogen-bond donors (Lipinski definition) is 1. The number of aromatic amines is 1. The maximum Gasteiger partial charge on any atom is 0.251 e. The lowest BCUT2D eigenvalue weighted by Crippen LogP contribution is -2.30. The van der Waals surface area contributed by atoms with Crippen LogP contribution in [0.25, 0.3) is 0 Å². The standard InChI is InChI=1S/C13H20N2O/c1-10(2)12-8-11(9-14-13(12)16)15-6-4-3-5-7-15/h8-10H,3-7H2,1-2H3,(H,14,16). The zero-order chi connectivity index (χ0) is 11.5. The Kier molecular flexibility index (Phi) is 3.32. The summed E-state index contributed by atoms with van der Waals surface area (Å²) < 4.78 is 0. The van der Waals surface area contributed by atoms with Gasteiger partial charge in [-0.2, -0.15) is 0 Å². The summed E-state index contributed by atoms with van der Waals surface area (Å²) in [6, 6.07) is 2.05. The Morgan fingerprint density at radius 2 is 1.94 bits per heavy atom. The zero-order valence-electron chi connectivity index (χ0n) is 10.1. The topological polar surface area (TPSA) is 36.1 Å². The molecule has 2 heterocycles. The van der Waals surface area contributed by atoms with Gasteiger partial charge in [-0.05, 0) is 31.2 Å². The van der Waals surface area contributed by atoms with Crippen LogP contribution in [0.15, 0.2) is 17.1 Å². The Labute approximate surface area is 96.5 Å². The highest BCUT2D eigenvalue weighted by atomic mass is 16.1. The number of anilines is 1. The maximum absolute atomic E-state index is 11.6. The largest absolute Gasteiger partial charge is 0.370 e. The highest BCUT2D eigenvalue weighted by molar-refractivity contribution is 5.46. The van der Waals surface area contributed by atoms with E-state index < -0.39 is 0 Å². The molecular weight excluding hydrogens is 200 g/mol. The van der Waals surface area contributed by atoms with E-state index >= 15 is 0 Å². The van der Waals surface area contributed by atoms with Crippen molar-refractivity contribution in [3.8, 4) is 0 Å². The summed E-state index contributed by atoms with van der Waals surface area (Å²) in [5, 5.41) is 0. The van der Waals surface area contributed by atoms with Crippen LogP contribution in [0, 0.1) is 0 Å². The van der Waals surface area contributed by atoms with Gasteiger partial charge in [-0.3, -0.25) is 4.79 Å². The van der Waals surface area contributed by atoms with Gasteiger partial charge in [0.05, 0.1) is 5.69 Å². The fourth-order valence-electron chi connectivity index (χ4n) is 2.25. The number of H-pyrrole nitrogens is 1. The number of nitrogens with one attached hydrogen (secondary N) is 1. The number of aromatic nitrogens is 1. The van der Waals surface area contributed by atoms with E-state index in [1.54, 1.807) is 0 Å². The molecule has 1 aliphatic heterocycles. The van der Waals surface area contributed by atoms with Gasteiger partial charge in [0.25, 0.3) is 5.56 Å². The summed E-state index contributed by atoms with van der Waals surface area (Å²) in [6.07, 6.45) is 5.70. The molecule has 0 aliphatic carbocycles. The average molecular weight is 220 g/mol. The van der Waals surface area contributed by atoms with E-state index in [9.17, 15) is 4.79 Å². The molecule has 88 valence electrons. The third-order valence-electron chi connectivity index (χ3n) is 3.26. The Morgan fingerprint density at radius 1 is 1.25 bits per heavy atom. The van der Waals surface area contributed by atoms with Crippen LogP contribution in [0.1, 0.15) is 44.6 Å². The Balaban J connectivity index is 2.27. The third-order valence-corrected chi connectivity index (χ3v) is 3.26. The highest BCUT2D eigenvalue weighted by Gasteiger charge is 2.13. The first-order valence-electron chi connectivity index (χ1n) is 6.16. The summed E-state index contributed by atoms with van der Waals surface area (Å²) in [7, 11) is 0. The Morgan fingerprint density at radius 3 is 2.56 bits per heavy atom. The molecule has 3 heteroatoms. The van der Waals surface area contributed by atoms with Crippen molar-refractivity contribution in [1.29, 1.82) is 0 Å². The van der Waals surface area contributed by atoms with Gasteiger partial charge in [-0.15, -0.1) is 0 Å². The number of rotatable bonds is 2. The molecule has 1 N–H and O–H groups in total. The highest BCUT2D eigenvalue weighted by Crippen LogP contribution is 2.21. The SMILES string of the molecule is CC(C)c1cc(N2CCCCC2)c[nH]c1=O. The van der Waals surface area contributed by atoms with Gasteiger partial charge in [0.2, 0.25) is 0 Å². The first kappa shape index (κ1) is 11.2. The van der Waals surface area contributed by atoms with Crippen molar-refractivity contribution in [2.45, 2.75) is 39.0 Å². The van der Waals surface area contributed by atoms with Gasteiger partial charge in [0.1, 0.15) is 0 Å². The number of nitrogens with zero attached hydrogens (tertiary/aromatic N) is 1. The normalized spacial score (nSPS) is 16.8. The van der Waals surface area contributed by atoms with E-state index in [-0.39, 0.29) is 11.5 Å². The van der Waals surface area contributed by atoms with Gasteiger partial charge in [-0.1, -0.05) is 13.8 Å². The van der Waals surface area contributed by atoms with E-state index in [2.05, 4.69) is 29.8 Å². The van der Waals surface area contributed by atoms with E-state index in [4.69, 9.17) is 0 Å². The fourth-order valence-corrected chi connectivity index (χ4v) is 2.25. The predicted octanol–water partition coefficient (Wildman–Crippen LogP) is 2.49. The zero-order valence-corrected chi connectivity index (χ0v) is 10.1. The van der Waals surface area contributed by atoms with Gasteiger partial charge < -0.3 is 9.88 Å². The molecule has 1 fully saturated rings. The molecule has 1 aromatic heterocycles. The van der Waals surface area contributed by atoms with Crippen molar-refractivity contribution >= 4 is 5.69 Å². The van der Waals surface area contributed by atoms with E-state index in [1.807, 2.05) is 6.20 Å². The molecule has 2 rings (SSSR count). The first-order valence-corrected chi connectivity index (χ1v) is 6.16. The van der Waals surface area contributed by atoms with Crippen LogP contribution < -0.4 is 10.5 Å². The molecule has 0 radical (unpaired) electrons. The molecule has 0 aromatic carbocycles. The Hall–Kier alpha value is -1.25. The van der Waals surface area contributed by atoms with Crippen molar-refractivity contribution in [2.24, 2.45) is 0 Å². The van der Waals surface area contributed by atoms with Crippen molar-refractivity contribution in [2.75, 3.05) is 18.0 Å². The van der Waals surface area contributed by atoms with Crippen LogP contribution in [0.4, 0.5) is 5.69 Å². The summed E-state index contributed by atoms with van der Waals surface area (Å²) in [5.74, 6) is 0.286. The van der Waals surface area contributed by atoms with Crippen LogP contribution in [-0.2, 0) is 0 Å². The average Bonchev–Trinajstić information content (AvgIpc) is 2.30.